The zero-order chi connectivity index (χ0) is 16.8. The summed E-state index contributed by atoms with van der Waals surface area (Å²) in [4.78, 5) is 12.0. The number of carboxylic acids is 1. The van der Waals surface area contributed by atoms with E-state index in [0.29, 0.717) is 23.1 Å². The maximum Gasteiger partial charge on any atom is 0.336 e. The van der Waals surface area contributed by atoms with Gasteiger partial charge in [-0.15, -0.1) is 0 Å². The Morgan fingerprint density at radius 2 is 1.67 bits per heavy atom. The fourth-order valence-corrected chi connectivity index (χ4v) is 3.51. The number of hydrogen-bond donors (Lipinski definition) is 1. The number of rotatable bonds is 3. The fourth-order valence-electron chi connectivity index (χ4n) is 3.51. The number of ether oxygens (including phenoxy) is 2. The molecule has 0 spiro atoms. The Balaban J connectivity index is 2.03. The predicted molar refractivity (Wildman–Crippen MR) is 92.3 cm³/mol. The van der Waals surface area contributed by atoms with Crippen LogP contribution in [0.15, 0.2) is 42.5 Å². The molecule has 3 aromatic carbocycles. The molecule has 24 heavy (non-hydrogen) atoms. The van der Waals surface area contributed by atoms with Gasteiger partial charge in [-0.3, -0.25) is 0 Å². The molecule has 0 aromatic heterocycles. The second-order valence-corrected chi connectivity index (χ2v) is 5.87. The summed E-state index contributed by atoms with van der Waals surface area (Å²) in [6.45, 7) is 0. The standard InChI is InChI=1S/C20H16O4/c1-23-13-5-6-15-12(7-13)9-18-17(15)8-11-3-4-14(24-2)10-16(11)19(18)20(21)22/h3-8,10H,9H2,1-2H3,(H,21,22). The molecule has 4 heteroatoms. The van der Waals surface area contributed by atoms with Crippen LogP contribution in [0.3, 0.4) is 0 Å². The molecule has 1 aliphatic carbocycles. The molecule has 4 nitrogen and oxygen atoms in total. The van der Waals surface area contributed by atoms with Crippen molar-refractivity contribution in [2.45, 2.75) is 6.42 Å². The van der Waals surface area contributed by atoms with Crippen molar-refractivity contribution in [3.05, 3.63) is 59.2 Å². The summed E-state index contributed by atoms with van der Waals surface area (Å²) in [7, 11) is 3.21. The van der Waals surface area contributed by atoms with E-state index in [-0.39, 0.29) is 0 Å². The molecule has 120 valence electrons. The third kappa shape index (κ3) is 2.03. The summed E-state index contributed by atoms with van der Waals surface area (Å²) in [6, 6.07) is 13.5. The number of methoxy groups -OCH3 is 2. The molecule has 0 fully saturated rings. The second kappa shape index (κ2) is 5.27. The summed E-state index contributed by atoms with van der Waals surface area (Å²) in [5.74, 6) is 0.525. The van der Waals surface area contributed by atoms with Crippen molar-refractivity contribution in [3.63, 3.8) is 0 Å². The highest BCUT2D eigenvalue weighted by atomic mass is 16.5. The minimum atomic E-state index is -0.912. The summed E-state index contributed by atoms with van der Waals surface area (Å²) >= 11 is 0. The first-order chi connectivity index (χ1) is 11.6. The van der Waals surface area contributed by atoms with E-state index in [1.807, 2.05) is 30.3 Å². The topological polar surface area (TPSA) is 55.8 Å². The van der Waals surface area contributed by atoms with Gasteiger partial charge in [-0.25, -0.2) is 4.79 Å². The van der Waals surface area contributed by atoms with Crippen molar-refractivity contribution in [1.29, 1.82) is 0 Å². The van der Waals surface area contributed by atoms with Gasteiger partial charge in [-0.1, -0.05) is 12.1 Å². The molecule has 0 radical (unpaired) electrons. The third-order valence-electron chi connectivity index (χ3n) is 4.64. The van der Waals surface area contributed by atoms with Crippen LogP contribution in [-0.2, 0) is 6.42 Å². The van der Waals surface area contributed by atoms with Gasteiger partial charge in [0.1, 0.15) is 11.5 Å². The number of aromatic carboxylic acids is 1. The van der Waals surface area contributed by atoms with E-state index in [1.165, 1.54) is 0 Å². The Morgan fingerprint density at radius 1 is 0.958 bits per heavy atom. The second-order valence-electron chi connectivity index (χ2n) is 5.87. The van der Waals surface area contributed by atoms with Gasteiger partial charge in [0.15, 0.2) is 0 Å². The summed E-state index contributed by atoms with van der Waals surface area (Å²) in [5, 5.41) is 11.4. The van der Waals surface area contributed by atoms with Crippen LogP contribution in [0.25, 0.3) is 21.9 Å². The molecule has 0 unspecified atom stereocenters. The van der Waals surface area contributed by atoms with Crippen molar-refractivity contribution in [2.75, 3.05) is 14.2 Å². The molecule has 0 bridgehead atoms. The van der Waals surface area contributed by atoms with Gasteiger partial charge in [-0.2, -0.15) is 0 Å². The van der Waals surface area contributed by atoms with Crippen LogP contribution in [0.1, 0.15) is 21.5 Å². The smallest absolute Gasteiger partial charge is 0.336 e. The zero-order valence-electron chi connectivity index (χ0n) is 13.4. The van der Waals surface area contributed by atoms with Gasteiger partial charge in [0.25, 0.3) is 0 Å². The molecule has 4 rings (SSSR count). The maximum absolute atomic E-state index is 12.0. The van der Waals surface area contributed by atoms with Gasteiger partial charge >= 0.3 is 5.97 Å². The summed E-state index contributed by atoms with van der Waals surface area (Å²) in [5.41, 5.74) is 4.37. The van der Waals surface area contributed by atoms with Crippen LogP contribution in [0, 0.1) is 0 Å². The monoisotopic (exact) mass is 320 g/mol. The number of carboxylic acid groups (broad SMARTS) is 1. The van der Waals surface area contributed by atoms with Gasteiger partial charge in [-0.05, 0) is 64.4 Å². The average molecular weight is 320 g/mol. The van der Waals surface area contributed by atoms with Crippen molar-refractivity contribution in [3.8, 4) is 22.6 Å². The van der Waals surface area contributed by atoms with Crippen molar-refractivity contribution < 1.29 is 19.4 Å². The molecular weight excluding hydrogens is 304 g/mol. The first-order valence-electron chi connectivity index (χ1n) is 7.66. The lowest BCUT2D eigenvalue weighted by atomic mass is 9.94. The van der Waals surface area contributed by atoms with E-state index < -0.39 is 5.97 Å². The van der Waals surface area contributed by atoms with E-state index in [2.05, 4.69) is 6.07 Å². The average Bonchev–Trinajstić information content (AvgIpc) is 2.95. The van der Waals surface area contributed by atoms with Crippen molar-refractivity contribution in [1.82, 2.24) is 0 Å². The highest BCUT2D eigenvalue weighted by molar-refractivity contribution is 6.09. The Bertz CT molecular complexity index is 989. The first kappa shape index (κ1) is 14.6. The largest absolute Gasteiger partial charge is 0.497 e. The minimum Gasteiger partial charge on any atom is -0.497 e. The van der Waals surface area contributed by atoms with Gasteiger partial charge in [0.2, 0.25) is 0 Å². The van der Waals surface area contributed by atoms with E-state index in [1.54, 1.807) is 20.3 Å². The van der Waals surface area contributed by atoms with Crippen LogP contribution in [-0.4, -0.2) is 25.3 Å². The normalized spacial score (nSPS) is 11.9. The Kier molecular flexibility index (Phi) is 3.20. The molecule has 1 N–H and O–H groups in total. The van der Waals surface area contributed by atoms with Gasteiger partial charge in [0, 0.05) is 5.39 Å². The third-order valence-corrected chi connectivity index (χ3v) is 4.64. The van der Waals surface area contributed by atoms with Crippen LogP contribution in [0.2, 0.25) is 0 Å². The molecule has 0 saturated heterocycles. The maximum atomic E-state index is 12.0. The lowest BCUT2D eigenvalue weighted by Crippen LogP contribution is -2.03. The number of fused-ring (bicyclic) bond motifs is 4. The highest BCUT2D eigenvalue weighted by Crippen LogP contribution is 2.43. The highest BCUT2D eigenvalue weighted by Gasteiger charge is 2.26. The number of carbonyl (C=O) groups is 1. The Hall–Kier alpha value is -3.01. The Morgan fingerprint density at radius 3 is 2.38 bits per heavy atom. The van der Waals surface area contributed by atoms with Crippen molar-refractivity contribution in [2.24, 2.45) is 0 Å². The summed E-state index contributed by atoms with van der Waals surface area (Å²) in [6.07, 6.45) is 0.594. The van der Waals surface area contributed by atoms with Crippen LogP contribution >= 0.6 is 0 Å². The SMILES string of the molecule is COc1ccc2c(c1)Cc1c-2cc2ccc(OC)cc2c1C(=O)O. The van der Waals surface area contributed by atoms with E-state index >= 15 is 0 Å². The van der Waals surface area contributed by atoms with Crippen molar-refractivity contribution >= 4 is 16.7 Å². The lowest BCUT2D eigenvalue weighted by Gasteiger charge is -2.11. The molecular formula is C20H16O4. The van der Waals surface area contributed by atoms with Crippen LogP contribution in [0.4, 0.5) is 0 Å². The molecule has 0 atom stereocenters. The van der Waals surface area contributed by atoms with Gasteiger partial charge in [0.05, 0.1) is 19.8 Å². The molecule has 3 aromatic rings. The molecule has 0 saturated carbocycles. The van der Waals surface area contributed by atoms with E-state index in [4.69, 9.17) is 9.47 Å². The Labute approximate surface area is 139 Å². The molecule has 0 aliphatic heterocycles. The van der Waals surface area contributed by atoms with Crippen LogP contribution in [0.5, 0.6) is 11.5 Å². The lowest BCUT2D eigenvalue weighted by molar-refractivity contribution is 0.0698. The summed E-state index contributed by atoms with van der Waals surface area (Å²) < 4.78 is 10.5. The van der Waals surface area contributed by atoms with Gasteiger partial charge < -0.3 is 14.6 Å². The molecule has 0 amide bonds. The first-order valence-corrected chi connectivity index (χ1v) is 7.66. The number of benzene rings is 3. The number of hydrogen-bond acceptors (Lipinski definition) is 3. The van der Waals surface area contributed by atoms with Crippen LogP contribution < -0.4 is 9.47 Å². The zero-order valence-corrected chi connectivity index (χ0v) is 13.4. The fraction of sp³-hybridized carbons (Fsp3) is 0.150. The quantitative estimate of drug-likeness (QED) is 0.617. The minimum absolute atomic E-state index is 0.358. The molecule has 1 aliphatic rings. The predicted octanol–water partition coefficient (Wildman–Crippen LogP) is 4.13. The van der Waals surface area contributed by atoms with E-state index in [0.717, 1.165) is 33.4 Å². The van der Waals surface area contributed by atoms with E-state index in [9.17, 15) is 9.90 Å². The molecule has 0 heterocycles.